The van der Waals surface area contributed by atoms with Gasteiger partial charge in [-0.25, -0.2) is 0 Å². The van der Waals surface area contributed by atoms with E-state index in [0.717, 1.165) is 19.3 Å². The molecule has 26 heavy (non-hydrogen) atoms. The van der Waals surface area contributed by atoms with Crippen LogP contribution in [0.25, 0.3) is 0 Å². The Hall–Kier alpha value is -2.43. The number of hydrogen-bond donors (Lipinski definition) is 0. The van der Waals surface area contributed by atoms with Gasteiger partial charge < -0.3 is 9.47 Å². The quantitative estimate of drug-likeness (QED) is 0.413. The molecule has 0 radical (unpaired) electrons. The third-order valence-electron chi connectivity index (χ3n) is 5.26. The largest absolute Gasteiger partial charge is 0.465 e. The van der Waals surface area contributed by atoms with Gasteiger partial charge in [0.1, 0.15) is 17.5 Å². The average molecular weight is 356 g/mol. The summed E-state index contributed by atoms with van der Waals surface area (Å²) in [6, 6.07) is 0. The van der Waals surface area contributed by atoms with Gasteiger partial charge in [-0.05, 0) is 44.1 Å². The summed E-state index contributed by atoms with van der Waals surface area (Å²) in [6.07, 6.45) is 11.4. The molecule has 3 rings (SSSR count). The summed E-state index contributed by atoms with van der Waals surface area (Å²) >= 11 is 0. The second kappa shape index (κ2) is 7.06. The number of allylic oxidation sites excluding steroid dienone is 4. The Balaban J connectivity index is 1.96. The van der Waals surface area contributed by atoms with Gasteiger partial charge in [-0.2, -0.15) is 0 Å². The lowest BCUT2D eigenvalue weighted by atomic mass is 9.67. The van der Waals surface area contributed by atoms with E-state index in [1.54, 1.807) is 25.3 Å². The maximum absolute atomic E-state index is 12.7. The maximum atomic E-state index is 12.7. The van der Waals surface area contributed by atoms with Crippen molar-refractivity contribution < 1.29 is 23.9 Å². The van der Waals surface area contributed by atoms with Crippen molar-refractivity contribution in [3.63, 3.8) is 0 Å². The van der Waals surface area contributed by atoms with Crippen LogP contribution >= 0.6 is 0 Å². The predicted molar refractivity (Wildman–Crippen MR) is 95.8 cm³/mol. The van der Waals surface area contributed by atoms with E-state index in [2.05, 4.69) is 6.92 Å². The predicted octanol–water partition coefficient (Wildman–Crippen LogP) is 3.57. The van der Waals surface area contributed by atoms with E-state index in [1.165, 1.54) is 6.08 Å². The third kappa shape index (κ3) is 2.96. The summed E-state index contributed by atoms with van der Waals surface area (Å²) in [4.78, 5) is 38.0. The number of rotatable bonds is 6. The molecule has 0 aromatic heterocycles. The highest BCUT2D eigenvalue weighted by molar-refractivity contribution is 6.09. The van der Waals surface area contributed by atoms with Crippen LogP contribution in [0, 0.1) is 11.8 Å². The fraction of sp³-hybridized carbons (Fsp3) is 0.476. The van der Waals surface area contributed by atoms with Gasteiger partial charge in [0.05, 0.1) is 12.2 Å². The molecule has 138 valence electrons. The summed E-state index contributed by atoms with van der Waals surface area (Å²) in [5.74, 6) is -2.03. The van der Waals surface area contributed by atoms with Gasteiger partial charge in [0.25, 0.3) is 0 Å². The van der Waals surface area contributed by atoms with Crippen LogP contribution in [0.4, 0.5) is 0 Å². The molecule has 0 spiro atoms. The third-order valence-corrected chi connectivity index (χ3v) is 5.26. The van der Waals surface area contributed by atoms with E-state index in [-0.39, 0.29) is 11.6 Å². The van der Waals surface area contributed by atoms with Gasteiger partial charge in [0.15, 0.2) is 11.4 Å². The molecule has 3 atom stereocenters. The van der Waals surface area contributed by atoms with Crippen LogP contribution in [0.1, 0.15) is 46.5 Å². The van der Waals surface area contributed by atoms with Crippen LogP contribution < -0.4 is 0 Å². The molecular formula is C21H24O5. The fourth-order valence-electron chi connectivity index (χ4n) is 3.88. The van der Waals surface area contributed by atoms with E-state index in [9.17, 15) is 14.4 Å². The Kier molecular flexibility index (Phi) is 4.99. The second-order valence-corrected chi connectivity index (χ2v) is 7.11. The molecule has 2 aliphatic heterocycles. The van der Waals surface area contributed by atoms with Gasteiger partial charge in [0.2, 0.25) is 0 Å². The zero-order chi connectivity index (χ0) is 18.9. The zero-order valence-electron chi connectivity index (χ0n) is 15.4. The minimum Gasteiger partial charge on any atom is -0.465 e. The van der Waals surface area contributed by atoms with E-state index >= 15 is 0 Å². The van der Waals surface area contributed by atoms with Gasteiger partial charge in [-0.15, -0.1) is 0 Å². The Morgan fingerprint density at radius 3 is 2.73 bits per heavy atom. The number of unbranched alkanes of at least 4 members (excludes halogenated alkanes) is 2. The van der Waals surface area contributed by atoms with Crippen LogP contribution in [0.3, 0.4) is 0 Å². The highest BCUT2D eigenvalue weighted by Crippen LogP contribution is 2.49. The van der Waals surface area contributed by atoms with E-state index in [0.29, 0.717) is 23.3 Å². The number of carbonyl (C=O) groups is 3. The van der Waals surface area contributed by atoms with Crippen molar-refractivity contribution in [3.8, 4) is 0 Å². The molecule has 0 bridgehead atoms. The summed E-state index contributed by atoms with van der Waals surface area (Å²) < 4.78 is 11.1. The second-order valence-electron chi connectivity index (χ2n) is 7.11. The molecule has 1 aliphatic carbocycles. The van der Waals surface area contributed by atoms with Crippen molar-refractivity contribution in [1.82, 2.24) is 0 Å². The topological polar surface area (TPSA) is 69.7 Å². The lowest BCUT2D eigenvalue weighted by Gasteiger charge is -2.35. The SMILES string of the molecule is C/C=C/C1=CC2=CC(=O)[C@@]3(C)OC(=O)[C@H](C(=O)CCCCC)[C@H]3C2=CO1. The van der Waals surface area contributed by atoms with Crippen LogP contribution in [-0.2, 0) is 23.9 Å². The first-order valence-electron chi connectivity index (χ1n) is 9.15. The number of ether oxygens (including phenoxy) is 2. The number of carbonyl (C=O) groups excluding carboxylic acids is 3. The van der Waals surface area contributed by atoms with E-state index < -0.39 is 23.4 Å². The highest BCUT2D eigenvalue weighted by atomic mass is 16.6. The maximum Gasteiger partial charge on any atom is 0.318 e. The fourth-order valence-corrected chi connectivity index (χ4v) is 3.88. The molecule has 0 aromatic carbocycles. The minimum absolute atomic E-state index is 0.157. The number of fused-ring (bicyclic) bond motifs is 3. The molecular weight excluding hydrogens is 332 g/mol. The number of Topliss-reactive ketones (excluding diaryl/α,β-unsaturated/α-hetero) is 1. The normalized spacial score (nSPS) is 30.0. The smallest absolute Gasteiger partial charge is 0.318 e. The van der Waals surface area contributed by atoms with Gasteiger partial charge in [0, 0.05) is 12.0 Å². The summed E-state index contributed by atoms with van der Waals surface area (Å²) in [6.45, 7) is 5.52. The molecule has 0 aromatic rings. The standard InChI is InChI=1S/C21H24O5/c1-4-6-7-9-16(22)18-19-15-12-25-14(8-5-2)10-13(15)11-17(23)21(19,3)26-20(18)24/h5,8,10-12,18-19H,4,6-7,9H2,1-3H3/b8-5+/t18-,19-,21-/m1/s1. The Morgan fingerprint density at radius 2 is 2.04 bits per heavy atom. The first-order chi connectivity index (χ1) is 12.4. The van der Waals surface area contributed by atoms with E-state index in [4.69, 9.17) is 9.47 Å². The Bertz CT molecular complexity index is 767. The molecule has 2 heterocycles. The van der Waals surface area contributed by atoms with Crippen molar-refractivity contribution in [2.75, 3.05) is 0 Å². The van der Waals surface area contributed by atoms with Crippen LogP contribution in [0.15, 0.2) is 47.5 Å². The molecule has 1 saturated heterocycles. The Labute approximate surface area is 153 Å². The molecule has 0 amide bonds. The first-order valence-corrected chi connectivity index (χ1v) is 9.15. The first kappa shape index (κ1) is 18.4. The molecule has 0 unspecified atom stereocenters. The van der Waals surface area contributed by atoms with E-state index in [1.807, 2.05) is 13.0 Å². The molecule has 5 heteroatoms. The summed E-state index contributed by atoms with van der Waals surface area (Å²) in [5, 5.41) is 0. The molecule has 1 fully saturated rings. The number of esters is 1. The van der Waals surface area contributed by atoms with Crippen molar-refractivity contribution in [2.45, 2.75) is 52.1 Å². The lowest BCUT2D eigenvalue weighted by Crippen LogP contribution is -2.46. The Morgan fingerprint density at radius 1 is 1.27 bits per heavy atom. The lowest BCUT2D eigenvalue weighted by molar-refractivity contribution is -0.156. The monoisotopic (exact) mass is 356 g/mol. The minimum atomic E-state index is -1.34. The van der Waals surface area contributed by atoms with Gasteiger partial charge in [-0.1, -0.05) is 25.8 Å². The van der Waals surface area contributed by atoms with Gasteiger partial charge >= 0.3 is 5.97 Å². The zero-order valence-corrected chi connectivity index (χ0v) is 15.4. The number of hydrogen-bond acceptors (Lipinski definition) is 5. The summed E-state index contributed by atoms with van der Waals surface area (Å²) in [5.41, 5.74) is 0.0220. The van der Waals surface area contributed by atoms with Crippen molar-refractivity contribution in [3.05, 3.63) is 47.5 Å². The van der Waals surface area contributed by atoms with Gasteiger partial charge in [-0.3, -0.25) is 14.4 Å². The summed E-state index contributed by atoms with van der Waals surface area (Å²) in [7, 11) is 0. The van der Waals surface area contributed by atoms with Crippen LogP contribution in [0.2, 0.25) is 0 Å². The van der Waals surface area contributed by atoms with Crippen molar-refractivity contribution >= 4 is 17.5 Å². The molecule has 0 N–H and O–H groups in total. The van der Waals surface area contributed by atoms with Crippen molar-refractivity contribution in [1.29, 1.82) is 0 Å². The van der Waals surface area contributed by atoms with Crippen molar-refractivity contribution in [2.24, 2.45) is 11.8 Å². The van der Waals surface area contributed by atoms with Crippen LogP contribution in [-0.4, -0.2) is 23.1 Å². The molecule has 5 nitrogen and oxygen atoms in total. The van der Waals surface area contributed by atoms with Crippen LogP contribution in [0.5, 0.6) is 0 Å². The average Bonchev–Trinajstić information content (AvgIpc) is 2.87. The highest BCUT2D eigenvalue weighted by Gasteiger charge is 2.62. The number of ketones is 2. The molecule has 0 saturated carbocycles. The molecule has 3 aliphatic rings.